The Morgan fingerprint density at radius 2 is 1.76 bits per heavy atom. The number of fused-ring (bicyclic) bond motifs is 1. The van der Waals surface area contributed by atoms with Gasteiger partial charge in [-0.25, -0.2) is 22.6 Å². The van der Waals surface area contributed by atoms with Gasteiger partial charge in [0.15, 0.2) is 0 Å². The molecule has 9 heteroatoms. The van der Waals surface area contributed by atoms with Gasteiger partial charge in [0.25, 0.3) is 10.0 Å². The van der Waals surface area contributed by atoms with Gasteiger partial charge in [0.1, 0.15) is 10.8 Å². The van der Waals surface area contributed by atoms with Gasteiger partial charge in [0.05, 0.1) is 26.4 Å². The van der Waals surface area contributed by atoms with E-state index in [0.29, 0.717) is 10.6 Å². The van der Waals surface area contributed by atoms with Crippen LogP contribution < -0.4 is 4.72 Å². The van der Waals surface area contributed by atoms with Crippen LogP contribution >= 0.6 is 11.3 Å². The molecule has 0 bridgehead atoms. The molecule has 0 aliphatic rings. The lowest BCUT2D eigenvalue weighted by Gasteiger charge is -2.12. The molecule has 4 rings (SSSR count). The maximum absolute atomic E-state index is 13.6. The normalized spacial score (nSPS) is 11.5. The molecule has 0 saturated carbocycles. The number of carboxylic acids is 1. The van der Waals surface area contributed by atoms with Crippen LogP contribution in [0.4, 0.5) is 10.1 Å². The van der Waals surface area contributed by atoms with Crippen molar-refractivity contribution in [1.82, 2.24) is 4.98 Å². The summed E-state index contributed by atoms with van der Waals surface area (Å²) in [5, 5.41) is 9.68. The van der Waals surface area contributed by atoms with E-state index in [1.54, 1.807) is 24.3 Å². The summed E-state index contributed by atoms with van der Waals surface area (Å²) >= 11 is 1.42. The van der Waals surface area contributed by atoms with Crippen molar-refractivity contribution < 1.29 is 22.7 Å². The topological polar surface area (TPSA) is 96.4 Å². The fourth-order valence-corrected chi connectivity index (χ4v) is 4.90. The number of anilines is 1. The van der Waals surface area contributed by atoms with Gasteiger partial charge in [-0.2, -0.15) is 0 Å². The van der Waals surface area contributed by atoms with Crippen LogP contribution in [-0.4, -0.2) is 24.5 Å². The Labute approximate surface area is 169 Å². The summed E-state index contributed by atoms with van der Waals surface area (Å²) in [6.45, 7) is 0. The van der Waals surface area contributed by atoms with Gasteiger partial charge >= 0.3 is 5.97 Å². The van der Waals surface area contributed by atoms with Gasteiger partial charge in [-0.15, -0.1) is 11.3 Å². The third kappa shape index (κ3) is 3.69. The quantitative estimate of drug-likeness (QED) is 0.484. The first-order valence-corrected chi connectivity index (χ1v) is 10.7. The standard InChI is InChI=1S/C20H13FN2O4S2/c21-15-10-9-12(11-14(15)20(24)25)29(26,27)23-16-6-2-1-5-13(16)19-22-17-7-3-4-8-18(17)28-19/h1-11,23H,(H,24,25). The molecule has 146 valence electrons. The largest absolute Gasteiger partial charge is 0.478 e. The number of aromatic nitrogens is 1. The number of nitrogens with one attached hydrogen (secondary N) is 1. The summed E-state index contributed by atoms with van der Waals surface area (Å²) < 4.78 is 42.6. The summed E-state index contributed by atoms with van der Waals surface area (Å²) in [4.78, 5) is 15.3. The van der Waals surface area contributed by atoms with E-state index in [4.69, 9.17) is 5.11 Å². The minimum Gasteiger partial charge on any atom is -0.478 e. The molecule has 4 aromatic rings. The third-order valence-electron chi connectivity index (χ3n) is 4.17. The molecule has 0 fully saturated rings. The van der Waals surface area contributed by atoms with Crippen molar-refractivity contribution in [3.8, 4) is 10.6 Å². The number of hydrogen-bond acceptors (Lipinski definition) is 5. The first-order chi connectivity index (χ1) is 13.8. The molecular weight excluding hydrogens is 415 g/mol. The Kier molecular flexibility index (Phi) is 4.77. The van der Waals surface area contributed by atoms with Crippen molar-refractivity contribution in [1.29, 1.82) is 0 Å². The lowest BCUT2D eigenvalue weighted by Crippen LogP contribution is -2.15. The second-order valence-electron chi connectivity index (χ2n) is 6.08. The molecule has 6 nitrogen and oxygen atoms in total. The second-order valence-corrected chi connectivity index (χ2v) is 8.80. The molecule has 1 aromatic heterocycles. The minimum absolute atomic E-state index is 0.285. The van der Waals surface area contributed by atoms with E-state index < -0.39 is 27.4 Å². The number of benzene rings is 3. The molecule has 0 atom stereocenters. The predicted molar refractivity (Wildman–Crippen MR) is 109 cm³/mol. The van der Waals surface area contributed by atoms with Crippen molar-refractivity contribution >= 4 is 43.2 Å². The number of carboxylic acid groups (broad SMARTS) is 1. The molecule has 0 aliphatic carbocycles. The van der Waals surface area contributed by atoms with Crippen LogP contribution in [0, 0.1) is 5.82 Å². The van der Waals surface area contributed by atoms with E-state index in [1.165, 1.54) is 11.3 Å². The fraction of sp³-hybridized carbons (Fsp3) is 0. The minimum atomic E-state index is -4.15. The number of nitrogens with zero attached hydrogens (tertiary/aromatic N) is 1. The lowest BCUT2D eigenvalue weighted by atomic mass is 10.2. The smallest absolute Gasteiger partial charge is 0.338 e. The lowest BCUT2D eigenvalue weighted by molar-refractivity contribution is 0.0691. The Morgan fingerprint density at radius 3 is 2.52 bits per heavy atom. The molecule has 0 aliphatic heterocycles. The van der Waals surface area contributed by atoms with Crippen LogP contribution in [0.2, 0.25) is 0 Å². The number of hydrogen-bond donors (Lipinski definition) is 2. The van der Waals surface area contributed by atoms with Crippen LogP contribution in [0.1, 0.15) is 10.4 Å². The van der Waals surface area contributed by atoms with Crippen molar-refractivity contribution in [2.24, 2.45) is 0 Å². The van der Waals surface area contributed by atoms with Gasteiger partial charge in [-0.3, -0.25) is 4.72 Å². The molecule has 2 N–H and O–H groups in total. The summed E-state index contributed by atoms with van der Waals surface area (Å²) in [5.74, 6) is -2.55. The number of rotatable bonds is 5. The first-order valence-electron chi connectivity index (χ1n) is 8.36. The summed E-state index contributed by atoms with van der Waals surface area (Å²) in [5.41, 5.74) is 0.952. The van der Waals surface area contributed by atoms with Crippen LogP contribution in [0.25, 0.3) is 20.8 Å². The fourth-order valence-electron chi connectivity index (χ4n) is 2.79. The molecule has 0 spiro atoms. The van der Waals surface area contributed by atoms with E-state index in [-0.39, 0.29) is 10.6 Å². The highest BCUT2D eigenvalue weighted by molar-refractivity contribution is 7.92. The van der Waals surface area contributed by atoms with Crippen LogP contribution in [0.3, 0.4) is 0 Å². The van der Waals surface area contributed by atoms with Crippen molar-refractivity contribution in [3.63, 3.8) is 0 Å². The van der Waals surface area contributed by atoms with Crippen LogP contribution in [0.15, 0.2) is 71.6 Å². The zero-order valence-electron chi connectivity index (χ0n) is 14.7. The van der Waals surface area contributed by atoms with Gasteiger partial charge < -0.3 is 5.11 Å². The van der Waals surface area contributed by atoms with Gasteiger partial charge in [-0.1, -0.05) is 24.3 Å². The molecular formula is C20H13FN2O4S2. The highest BCUT2D eigenvalue weighted by atomic mass is 32.2. The van der Waals surface area contributed by atoms with Gasteiger partial charge in [-0.05, 0) is 42.5 Å². The third-order valence-corrected chi connectivity index (χ3v) is 6.61. The van der Waals surface area contributed by atoms with E-state index >= 15 is 0 Å². The van der Waals surface area contributed by atoms with E-state index in [9.17, 15) is 17.6 Å². The van der Waals surface area contributed by atoms with Crippen LogP contribution in [-0.2, 0) is 10.0 Å². The maximum Gasteiger partial charge on any atom is 0.338 e. The number of sulfonamides is 1. The molecule has 1 heterocycles. The Balaban J connectivity index is 1.75. The Bertz CT molecular complexity index is 1320. The summed E-state index contributed by atoms with van der Waals surface area (Å²) in [7, 11) is -4.15. The number of thiazole rings is 1. The zero-order valence-corrected chi connectivity index (χ0v) is 16.3. The Hall–Kier alpha value is -3.30. The number of aromatic carboxylic acids is 1. The van der Waals surface area contributed by atoms with Gasteiger partial charge in [0.2, 0.25) is 0 Å². The average molecular weight is 428 g/mol. The summed E-state index contributed by atoms with van der Waals surface area (Å²) in [6.07, 6.45) is 0. The monoisotopic (exact) mass is 428 g/mol. The van der Waals surface area contributed by atoms with Crippen molar-refractivity contribution in [2.45, 2.75) is 4.90 Å². The highest BCUT2D eigenvalue weighted by Crippen LogP contribution is 2.35. The molecule has 0 radical (unpaired) electrons. The number of halogens is 1. The SMILES string of the molecule is O=C(O)c1cc(S(=O)(=O)Nc2ccccc2-c2nc3ccccc3s2)ccc1F. The number of para-hydroxylation sites is 2. The predicted octanol–water partition coefficient (Wildman–Crippen LogP) is 4.60. The summed E-state index contributed by atoms with van der Waals surface area (Å²) in [6, 6.07) is 16.9. The van der Waals surface area contributed by atoms with Crippen molar-refractivity contribution in [3.05, 3.63) is 78.1 Å². The van der Waals surface area contributed by atoms with Crippen molar-refractivity contribution in [2.75, 3.05) is 4.72 Å². The van der Waals surface area contributed by atoms with Crippen LogP contribution in [0.5, 0.6) is 0 Å². The van der Waals surface area contributed by atoms with Gasteiger partial charge in [0, 0.05) is 5.56 Å². The average Bonchev–Trinajstić information content (AvgIpc) is 3.12. The van der Waals surface area contributed by atoms with E-state index in [2.05, 4.69) is 9.71 Å². The highest BCUT2D eigenvalue weighted by Gasteiger charge is 2.21. The molecule has 0 saturated heterocycles. The first kappa shape index (κ1) is 19.0. The molecule has 29 heavy (non-hydrogen) atoms. The number of carbonyl (C=O) groups is 1. The molecule has 0 amide bonds. The maximum atomic E-state index is 13.6. The van der Waals surface area contributed by atoms with E-state index in [0.717, 1.165) is 28.4 Å². The molecule has 3 aromatic carbocycles. The molecule has 0 unspecified atom stereocenters. The zero-order chi connectivity index (χ0) is 20.6. The second kappa shape index (κ2) is 7.26. The van der Waals surface area contributed by atoms with E-state index in [1.807, 2.05) is 24.3 Å². The Morgan fingerprint density at radius 1 is 1.03 bits per heavy atom.